The van der Waals surface area contributed by atoms with Crippen LogP contribution in [0.4, 0.5) is 0 Å². The van der Waals surface area contributed by atoms with Crippen molar-refractivity contribution >= 4 is 55.2 Å². The lowest BCUT2D eigenvalue weighted by atomic mass is 9.87. The summed E-state index contributed by atoms with van der Waals surface area (Å²) in [7, 11) is 0. The molecule has 8 aromatic rings. The molecule has 0 saturated carbocycles. The molecular formula is C46H34. The third-order valence-electron chi connectivity index (χ3n) is 8.99. The summed E-state index contributed by atoms with van der Waals surface area (Å²) in [5.74, 6) is 0. The van der Waals surface area contributed by atoms with Gasteiger partial charge in [0.15, 0.2) is 0 Å². The maximum Gasteiger partial charge on any atom is -0.00928 e. The second-order valence-corrected chi connectivity index (χ2v) is 11.4. The highest BCUT2D eigenvalue weighted by molar-refractivity contribution is 6.17. The van der Waals surface area contributed by atoms with Crippen molar-refractivity contribution in [3.05, 3.63) is 183 Å². The topological polar surface area (TPSA) is 0 Å². The van der Waals surface area contributed by atoms with Crippen molar-refractivity contribution in [3.63, 3.8) is 0 Å². The molecule has 0 N–H and O–H groups in total. The summed E-state index contributed by atoms with van der Waals surface area (Å²) in [4.78, 5) is 0. The van der Waals surface area contributed by atoms with Crippen LogP contribution in [0.2, 0.25) is 0 Å². The molecule has 0 aliphatic rings. The van der Waals surface area contributed by atoms with Crippen molar-refractivity contribution in [1.29, 1.82) is 0 Å². The maximum absolute atomic E-state index is 4.20. The molecule has 8 aromatic carbocycles. The molecule has 0 heteroatoms. The lowest BCUT2D eigenvalue weighted by molar-refractivity contribution is 1.62. The van der Waals surface area contributed by atoms with Gasteiger partial charge in [0.05, 0.1) is 0 Å². The third kappa shape index (κ3) is 4.82. The molecule has 8 rings (SSSR count). The number of benzene rings is 8. The summed E-state index contributed by atoms with van der Waals surface area (Å²) in [5, 5.41) is 9.93. The molecule has 218 valence electrons. The fourth-order valence-electron chi connectivity index (χ4n) is 6.88. The minimum atomic E-state index is 1.12. The minimum Gasteiger partial charge on any atom is -0.106 e. The fraction of sp³-hybridized carbons (Fsp3) is 0. The zero-order valence-electron chi connectivity index (χ0n) is 25.8. The molecular weight excluding hydrogens is 553 g/mol. The van der Waals surface area contributed by atoms with Gasteiger partial charge in [-0.1, -0.05) is 147 Å². The summed E-state index contributed by atoms with van der Waals surface area (Å²) in [6, 6.07) is 52.9. The Morgan fingerprint density at radius 1 is 0.326 bits per heavy atom. The molecule has 0 spiro atoms. The quantitative estimate of drug-likeness (QED) is 0.139. The predicted octanol–water partition coefficient (Wildman–Crippen LogP) is 13.4. The van der Waals surface area contributed by atoms with Crippen LogP contribution in [-0.4, -0.2) is 0 Å². The molecule has 0 nitrogen and oxygen atoms in total. The number of fused-ring (bicyclic) bond motifs is 6. The Morgan fingerprint density at radius 2 is 0.848 bits per heavy atom. The lowest BCUT2D eigenvalue weighted by Crippen LogP contribution is -1.91. The zero-order valence-corrected chi connectivity index (χ0v) is 25.8. The molecule has 0 bridgehead atoms. The van der Waals surface area contributed by atoms with Crippen molar-refractivity contribution < 1.29 is 0 Å². The summed E-state index contributed by atoms with van der Waals surface area (Å²) < 4.78 is 0. The monoisotopic (exact) mass is 586 g/mol. The van der Waals surface area contributed by atoms with Gasteiger partial charge in [-0.2, -0.15) is 0 Å². The smallest absolute Gasteiger partial charge is 0.00928 e. The molecule has 0 atom stereocenters. The van der Waals surface area contributed by atoms with Gasteiger partial charge in [-0.25, -0.2) is 0 Å². The highest BCUT2D eigenvalue weighted by Gasteiger charge is 2.14. The summed E-state index contributed by atoms with van der Waals surface area (Å²) in [6.45, 7) is 14.4. The molecule has 0 unspecified atom stereocenters. The SMILES string of the molecule is C=C.C=Cc1c(C=C)c2ccc(-c3cccc(-c4cc5ccccc5c5ccccc45)c3)cc2c2ccc(-c3ccccc3)cc12. The first-order valence-electron chi connectivity index (χ1n) is 15.6. The van der Waals surface area contributed by atoms with Crippen LogP contribution in [0.3, 0.4) is 0 Å². The van der Waals surface area contributed by atoms with Crippen molar-refractivity contribution in [1.82, 2.24) is 0 Å². The Bertz CT molecular complexity index is 2420. The zero-order chi connectivity index (χ0) is 31.6. The standard InChI is InChI=1S/C44H30.C2H4/c1-3-35-36(4-2)43-26-31(29-13-6-5-7-14-29)21-24-41(43)44-27-32(22-23-40(35)44)30-16-12-17-33(25-30)42-28-34-15-8-9-18-37(34)38-19-10-11-20-39(38)42;1-2/h3-28H,1-2H2;1-2H2. The van der Waals surface area contributed by atoms with E-state index in [-0.39, 0.29) is 0 Å². The van der Waals surface area contributed by atoms with E-state index >= 15 is 0 Å². The van der Waals surface area contributed by atoms with Crippen LogP contribution in [0.5, 0.6) is 0 Å². The highest BCUT2D eigenvalue weighted by Crippen LogP contribution is 2.40. The Hall–Kier alpha value is -5.98. The molecule has 0 saturated heterocycles. The van der Waals surface area contributed by atoms with Crippen molar-refractivity contribution in [2.24, 2.45) is 0 Å². The molecule has 0 heterocycles. The average molecular weight is 587 g/mol. The molecule has 0 aliphatic carbocycles. The number of hydrogen-bond donors (Lipinski definition) is 0. The summed E-state index contributed by atoms with van der Waals surface area (Å²) in [5.41, 5.74) is 9.51. The van der Waals surface area contributed by atoms with Crippen LogP contribution >= 0.6 is 0 Å². The van der Waals surface area contributed by atoms with E-state index in [9.17, 15) is 0 Å². The first kappa shape index (κ1) is 28.8. The second-order valence-electron chi connectivity index (χ2n) is 11.4. The van der Waals surface area contributed by atoms with Gasteiger partial charge in [0.25, 0.3) is 0 Å². The van der Waals surface area contributed by atoms with Gasteiger partial charge in [0, 0.05) is 0 Å². The molecule has 0 aliphatic heterocycles. The Labute approximate surface area is 270 Å². The van der Waals surface area contributed by atoms with Crippen LogP contribution in [-0.2, 0) is 0 Å². The van der Waals surface area contributed by atoms with Crippen molar-refractivity contribution in [3.8, 4) is 33.4 Å². The Morgan fingerprint density at radius 3 is 1.61 bits per heavy atom. The van der Waals surface area contributed by atoms with Gasteiger partial charge >= 0.3 is 0 Å². The van der Waals surface area contributed by atoms with Gasteiger partial charge in [0.2, 0.25) is 0 Å². The summed E-state index contributed by atoms with van der Waals surface area (Å²) >= 11 is 0. The molecule has 0 aromatic heterocycles. The van der Waals surface area contributed by atoms with E-state index in [1.165, 1.54) is 76.5 Å². The van der Waals surface area contributed by atoms with Crippen LogP contribution in [0.15, 0.2) is 172 Å². The van der Waals surface area contributed by atoms with Crippen molar-refractivity contribution in [2.45, 2.75) is 0 Å². The molecule has 0 radical (unpaired) electrons. The van der Waals surface area contributed by atoms with Gasteiger partial charge < -0.3 is 0 Å². The number of hydrogen-bond acceptors (Lipinski definition) is 0. The predicted molar refractivity (Wildman–Crippen MR) is 204 cm³/mol. The van der Waals surface area contributed by atoms with Gasteiger partial charge in [-0.05, 0) is 112 Å². The Kier molecular flexibility index (Phi) is 7.62. The fourth-order valence-corrected chi connectivity index (χ4v) is 6.88. The van der Waals surface area contributed by atoms with Crippen LogP contribution in [0.1, 0.15) is 11.1 Å². The van der Waals surface area contributed by atoms with Gasteiger partial charge in [0.1, 0.15) is 0 Å². The third-order valence-corrected chi connectivity index (χ3v) is 8.99. The van der Waals surface area contributed by atoms with E-state index in [1.807, 2.05) is 12.2 Å². The molecule has 0 amide bonds. The molecule has 46 heavy (non-hydrogen) atoms. The van der Waals surface area contributed by atoms with E-state index in [4.69, 9.17) is 0 Å². The van der Waals surface area contributed by atoms with E-state index in [0.717, 1.165) is 11.1 Å². The van der Waals surface area contributed by atoms with Crippen LogP contribution < -0.4 is 0 Å². The minimum absolute atomic E-state index is 1.12. The number of rotatable bonds is 5. The van der Waals surface area contributed by atoms with Crippen LogP contribution in [0, 0.1) is 0 Å². The lowest BCUT2D eigenvalue weighted by Gasteiger charge is -2.16. The van der Waals surface area contributed by atoms with Crippen molar-refractivity contribution in [2.75, 3.05) is 0 Å². The first-order valence-corrected chi connectivity index (χ1v) is 15.6. The largest absolute Gasteiger partial charge is 0.106 e. The van der Waals surface area contributed by atoms with Crippen LogP contribution in [0.25, 0.3) is 88.6 Å². The highest BCUT2D eigenvalue weighted by atomic mass is 14.2. The normalized spacial score (nSPS) is 11.0. The van der Waals surface area contributed by atoms with E-state index in [2.05, 4.69) is 172 Å². The average Bonchev–Trinajstić information content (AvgIpc) is 3.14. The Balaban J connectivity index is 0.00000166. The molecule has 0 fully saturated rings. The van der Waals surface area contributed by atoms with E-state index in [0.29, 0.717) is 0 Å². The van der Waals surface area contributed by atoms with Gasteiger partial charge in [-0.15, -0.1) is 13.2 Å². The van der Waals surface area contributed by atoms with E-state index < -0.39 is 0 Å². The van der Waals surface area contributed by atoms with E-state index in [1.54, 1.807) is 0 Å². The van der Waals surface area contributed by atoms with Gasteiger partial charge in [-0.3, -0.25) is 0 Å². The second kappa shape index (κ2) is 12.2. The summed E-state index contributed by atoms with van der Waals surface area (Å²) in [6.07, 6.45) is 3.94. The first-order chi connectivity index (χ1) is 22.7. The maximum atomic E-state index is 4.20.